The van der Waals surface area contributed by atoms with Gasteiger partial charge in [-0.25, -0.2) is 4.79 Å². The van der Waals surface area contributed by atoms with E-state index < -0.39 is 0 Å². The maximum absolute atomic E-state index is 11.8. The number of carbonyl (C=O) groups excluding carboxylic acids is 1. The summed E-state index contributed by atoms with van der Waals surface area (Å²) in [6.45, 7) is 5.70. The van der Waals surface area contributed by atoms with Gasteiger partial charge in [-0.05, 0) is 40.0 Å². The Morgan fingerprint density at radius 3 is 2.50 bits per heavy atom. The van der Waals surface area contributed by atoms with Gasteiger partial charge in [0.15, 0.2) is 0 Å². The van der Waals surface area contributed by atoms with E-state index in [1.165, 1.54) is 0 Å². The lowest BCUT2D eigenvalue weighted by atomic mass is 10.0. The van der Waals surface area contributed by atoms with Crippen LogP contribution in [0, 0.1) is 6.42 Å². The van der Waals surface area contributed by atoms with Crippen LogP contribution in [0.1, 0.15) is 40.0 Å². The van der Waals surface area contributed by atoms with E-state index in [1.54, 1.807) is 0 Å². The fourth-order valence-corrected chi connectivity index (χ4v) is 2.15. The maximum atomic E-state index is 11.8. The zero-order chi connectivity index (χ0) is 10.3. The number of ether oxygens (including phenoxy) is 1. The van der Waals surface area contributed by atoms with Gasteiger partial charge in [0.1, 0.15) is 5.60 Å². The van der Waals surface area contributed by atoms with Crippen LogP contribution in [-0.2, 0) is 4.74 Å². The van der Waals surface area contributed by atoms with Gasteiger partial charge in [-0.2, -0.15) is 0 Å². The molecule has 14 heavy (non-hydrogen) atoms. The van der Waals surface area contributed by atoms with Crippen molar-refractivity contribution in [1.82, 2.24) is 4.90 Å². The van der Waals surface area contributed by atoms with Gasteiger partial charge in [0, 0.05) is 18.5 Å². The van der Waals surface area contributed by atoms with E-state index in [-0.39, 0.29) is 17.7 Å². The predicted molar refractivity (Wildman–Crippen MR) is 52.7 cm³/mol. The lowest BCUT2D eigenvalue weighted by Gasteiger charge is -2.27. The summed E-state index contributed by atoms with van der Waals surface area (Å²) in [5, 5.41) is 0. The standard InChI is InChI=1S/C11H17NO2/c1-11(2,3)14-10(13)12-8-4-5-9(12)7-6-8/h8-9H,4-6H2,1-3H3. The average Bonchev–Trinajstić information content (AvgIpc) is 2.57. The largest absolute Gasteiger partial charge is 0.444 e. The van der Waals surface area contributed by atoms with Crippen LogP contribution >= 0.6 is 0 Å². The summed E-state index contributed by atoms with van der Waals surface area (Å²) in [4.78, 5) is 13.6. The van der Waals surface area contributed by atoms with Crippen molar-refractivity contribution in [1.29, 1.82) is 0 Å². The second-order valence-electron chi connectivity index (χ2n) is 5.04. The van der Waals surface area contributed by atoms with Gasteiger partial charge < -0.3 is 9.64 Å². The number of rotatable bonds is 0. The molecule has 2 saturated heterocycles. The van der Waals surface area contributed by atoms with Gasteiger partial charge in [-0.3, -0.25) is 0 Å². The molecule has 2 rings (SSSR count). The van der Waals surface area contributed by atoms with Crippen LogP contribution in [0.5, 0.6) is 0 Å². The molecule has 2 atom stereocenters. The molecule has 0 spiro atoms. The third-order valence-electron chi connectivity index (χ3n) is 2.70. The summed E-state index contributed by atoms with van der Waals surface area (Å²) >= 11 is 0. The van der Waals surface area contributed by atoms with Gasteiger partial charge in [-0.15, -0.1) is 0 Å². The van der Waals surface area contributed by atoms with Crippen LogP contribution in [0.2, 0.25) is 0 Å². The molecule has 78 valence electrons. The van der Waals surface area contributed by atoms with E-state index in [9.17, 15) is 4.79 Å². The van der Waals surface area contributed by atoms with Crippen LogP contribution in [0.25, 0.3) is 0 Å². The van der Waals surface area contributed by atoms with Crippen molar-refractivity contribution >= 4 is 6.09 Å². The minimum absolute atomic E-state index is 0.171. The zero-order valence-corrected chi connectivity index (χ0v) is 9.04. The lowest BCUT2D eigenvalue weighted by molar-refractivity contribution is 0.0223. The molecule has 2 fully saturated rings. The third kappa shape index (κ3) is 1.72. The Kier molecular flexibility index (Phi) is 2.20. The van der Waals surface area contributed by atoms with Crippen molar-refractivity contribution in [2.75, 3.05) is 0 Å². The first kappa shape index (κ1) is 9.81. The second-order valence-corrected chi connectivity index (χ2v) is 5.04. The normalized spacial score (nSPS) is 30.9. The highest BCUT2D eigenvalue weighted by molar-refractivity contribution is 5.70. The van der Waals surface area contributed by atoms with Gasteiger partial charge in [0.25, 0.3) is 0 Å². The van der Waals surface area contributed by atoms with Gasteiger partial charge >= 0.3 is 6.09 Å². The Bertz CT molecular complexity index is 224. The predicted octanol–water partition coefficient (Wildman–Crippen LogP) is 2.24. The van der Waals surface area contributed by atoms with Crippen molar-refractivity contribution in [2.45, 2.75) is 57.7 Å². The van der Waals surface area contributed by atoms with Gasteiger partial charge in [-0.1, -0.05) is 0 Å². The molecule has 2 radical (unpaired) electrons. The molecule has 2 aliphatic rings. The molecule has 2 heterocycles. The summed E-state index contributed by atoms with van der Waals surface area (Å²) < 4.78 is 5.35. The summed E-state index contributed by atoms with van der Waals surface area (Å²) in [6, 6.07) is 0.574. The SMILES string of the molecule is CC(C)(C)OC(=O)N1C2[C]CC1CC2. The van der Waals surface area contributed by atoms with E-state index in [1.807, 2.05) is 25.7 Å². The van der Waals surface area contributed by atoms with Gasteiger partial charge in [0.05, 0.1) is 0 Å². The van der Waals surface area contributed by atoms with Crippen LogP contribution in [0.4, 0.5) is 4.79 Å². The number of nitrogens with zero attached hydrogens (tertiary/aromatic N) is 1. The van der Waals surface area contributed by atoms with E-state index in [2.05, 4.69) is 6.42 Å². The summed E-state index contributed by atoms with van der Waals surface area (Å²) in [7, 11) is 0. The molecular formula is C11H17NO2. The molecule has 0 saturated carbocycles. The van der Waals surface area contributed by atoms with Crippen LogP contribution in [0.15, 0.2) is 0 Å². The Morgan fingerprint density at radius 1 is 1.43 bits per heavy atom. The van der Waals surface area contributed by atoms with Crippen molar-refractivity contribution in [3.63, 3.8) is 0 Å². The molecule has 0 aliphatic carbocycles. The van der Waals surface area contributed by atoms with Crippen LogP contribution < -0.4 is 0 Å². The summed E-state index contributed by atoms with van der Waals surface area (Å²) in [6.07, 6.45) is 6.21. The highest BCUT2D eigenvalue weighted by Crippen LogP contribution is 2.37. The minimum Gasteiger partial charge on any atom is -0.444 e. The first-order valence-electron chi connectivity index (χ1n) is 5.22. The quantitative estimate of drug-likeness (QED) is 0.593. The number of hydrogen-bond donors (Lipinski definition) is 0. The summed E-state index contributed by atoms with van der Waals surface area (Å²) in [5.41, 5.74) is -0.390. The first-order chi connectivity index (χ1) is 6.47. The monoisotopic (exact) mass is 195 g/mol. The average molecular weight is 195 g/mol. The van der Waals surface area contributed by atoms with E-state index in [4.69, 9.17) is 4.74 Å². The molecule has 0 aromatic rings. The van der Waals surface area contributed by atoms with Crippen molar-refractivity contribution in [3.8, 4) is 0 Å². The maximum Gasteiger partial charge on any atom is 0.410 e. The molecule has 3 heteroatoms. The fourth-order valence-electron chi connectivity index (χ4n) is 2.15. The Morgan fingerprint density at radius 2 is 2.14 bits per heavy atom. The number of hydrogen-bond acceptors (Lipinski definition) is 2. The molecule has 3 nitrogen and oxygen atoms in total. The third-order valence-corrected chi connectivity index (χ3v) is 2.70. The molecule has 0 aromatic carbocycles. The Labute approximate surface area is 85.4 Å². The molecule has 1 amide bonds. The van der Waals surface area contributed by atoms with Crippen molar-refractivity contribution < 1.29 is 9.53 Å². The number of amides is 1. The molecule has 2 unspecified atom stereocenters. The lowest BCUT2D eigenvalue weighted by Crippen LogP contribution is -2.39. The smallest absolute Gasteiger partial charge is 0.410 e. The molecule has 0 N–H and O–H groups in total. The Balaban J connectivity index is 1.99. The number of fused-ring (bicyclic) bond motifs is 2. The minimum atomic E-state index is -0.390. The van der Waals surface area contributed by atoms with E-state index in [0.29, 0.717) is 6.04 Å². The van der Waals surface area contributed by atoms with Crippen LogP contribution in [0.3, 0.4) is 0 Å². The highest BCUT2D eigenvalue weighted by atomic mass is 16.6. The molecule has 2 bridgehead atoms. The Hall–Kier alpha value is -0.730. The summed E-state index contributed by atoms with van der Waals surface area (Å²) in [5.74, 6) is 0. The van der Waals surface area contributed by atoms with Crippen molar-refractivity contribution in [2.24, 2.45) is 0 Å². The fraction of sp³-hybridized carbons (Fsp3) is 0.818. The second kappa shape index (κ2) is 3.14. The number of carbonyl (C=O) groups is 1. The van der Waals surface area contributed by atoms with E-state index in [0.717, 1.165) is 19.3 Å². The van der Waals surface area contributed by atoms with E-state index >= 15 is 0 Å². The topological polar surface area (TPSA) is 29.5 Å². The first-order valence-corrected chi connectivity index (χ1v) is 5.22. The molecule has 0 aromatic heterocycles. The van der Waals surface area contributed by atoms with Crippen molar-refractivity contribution in [3.05, 3.63) is 6.42 Å². The molecular weight excluding hydrogens is 178 g/mol. The zero-order valence-electron chi connectivity index (χ0n) is 9.04. The highest BCUT2D eigenvalue weighted by Gasteiger charge is 2.44. The van der Waals surface area contributed by atoms with Crippen LogP contribution in [-0.4, -0.2) is 28.7 Å². The van der Waals surface area contributed by atoms with Gasteiger partial charge in [0.2, 0.25) is 0 Å². The molecule has 2 aliphatic heterocycles.